The third-order valence-electron chi connectivity index (χ3n) is 5.36. The molecule has 2 aliphatic rings. The minimum absolute atomic E-state index is 0.0353. The standard InChI is InChI=1S/C21H25N5O3/c1-2-29-18-7-4-3-6-17(18)26-15-16(14-19(26)27)20(28)24-10-12-25(13-11-24)21-22-8-5-9-23-21/h3-9,16H,2,10-15H2,1H3. The zero-order valence-corrected chi connectivity index (χ0v) is 16.5. The summed E-state index contributed by atoms with van der Waals surface area (Å²) in [6.45, 7) is 5.42. The Bertz CT molecular complexity index is 868. The molecule has 0 radical (unpaired) electrons. The Morgan fingerprint density at radius 3 is 2.55 bits per heavy atom. The van der Waals surface area contributed by atoms with Crippen LogP contribution in [0.4, 0.5) is 11.6 Å². The van der Waals surface area contributed by atoms with Gasteiger partial charge in [-0.25, -0.2) is 9.97 Å². The van der Waals surface area contributed by atoms with E-state index in [1.165, 1.54) is 0 Å². The second-order valence-corrected chi connectivity index (χ2v) is 7.17. The molecule has 0 N–H and O–H groups in total. The molecule has 0 spiro atoms. The monoisotopic (exact) mass is 395 g/mol. The van der Waals surface area contributed by atoms with E-state index in [1.807, 2.05) is 36.1 Å². The minimum Gasteiger partial charge on any atom is -0.492 e. The first-order valence-electron chi connectivity index (χ1n) is 10.0. The molecule has 1 aromatic heterocycles. The predicted molar refractivity (Wildman–Crippen MR) is 109 cm³/mol. The van der Waals surface area contributed by atoms with Crippen LogP contribution in [0.15, 0.2) is 42.7 Å². The predicted octanol–water partition coefficient (Wildman–Crippen LogP) is 1.58. The van der Waals surface area contributed by atoms with Crippen LogP contribution < -0.4 is 14.5 Å². The molecule has 3 heterocycles. The number of ether oxygens (including phenoxy) is 1. The number of piperazine rings is 1. The van der Waals surface area contributed by atoms with E-state index in [9.17, 15) is 9.59 Å². The van der Waals surface area contributed by atoms with Crippen molar-refractivity contribution >= 4 is 23.5 Å². The summed E-state index contributed by atoms with van der Waals surface area (Å²) in [7, 11) is 0. The topological polar surface area (TPSA) is 78.9 Å². The van der Waals surface area contributed by atoms with Gasteiger partial charge in [0.15, 0.2) is 0 Å². The fourth-order valence-electron chi connectivity index (χ4n) is 3.90. The van der Waals surface area contributed by atoms with Gasteiger partial charge >= 0.3 is 0 Å². The van der Waals surface area contributed by atoms with Crippen molar-refractivity contribution in [3.8, 4) is 5.75 Å². The van der Waals surface area contributed by atoms with E-state index in [2.05, 4.69) is 14.9 Å². The van der Waals surface area contributed by atoms with Gasteiger partial charge in [0.1, 0.15) is 5.75 Å². The van der Waals surface area contributed by atoms with Crippen LogP contribution in [0, 0.1) is 5.92 Å². The normalized spacial score (nSPS) is 19.6. The van der Waals surface area contributed by atoms with Gasteiger partial charge in [0.25, 0.3) is 0 Å². The maximum absolute atomic E-state index is 13.0. The second kappa shape index (κ2) is 8.46. The molecule has 8 heteroatoms. The number of benzene rings is 1. The number of amides is 2. The molecule has 2 saturated heterocycles. The summed E-state index contributed by atoms with van der Waals surface area (Å²) >= 11 is 0. The maximum atomic E-state index is 13.0. The van der Waals surface area contributed by atoms with Crippen LogP contribution in [0.5, 0.6) is 5.75 Å². The lowest BCUT2D eigenvalue weighted by Crippen LogP contribution is -2.51. The molecule has 2 aromatic rings. The molecule has 4 rings (SSSR count). The lowest BCUT2D eigenvalue weighted by atomic mass is 10.1. The molecule has 2 fully saturated rings. The third kappa shape index (κ3) is 4.01. The third-order valence-corrected chi connectivity index (χ3v) is 5.36. The van der Waals surface area contributed by atoms with Crippen LogP contribution in [0.25, 0.3) is 0 Å². The molecule has 2 amide bonds. The summed E-state index contributed by atoms with van der Waals surface area (Å²) in [6, 6.07) is 9.27. The highest BCUT2D eigenvalue weighted by molar-refractivity contribution is 6.01. The molecular formula is C21H25N5O3. The van der Waals surface area contributed by atoms with Gasteiger partial charge in [0.05, 0.1) is 18.2 Å². The van der Waals surface area contributed by atoms with Crippen LogP contribution >= 0.6 is 0 Å². The highest BCUT2D eigenvalue weighted by Crippen LogP contribution is 2.33. The van der Waals surface area contributed by atoms with Gasteiger partial charge in [0, 0.05) is 51.5 Å². The van der Waals surface area contributed by atoms with Crippen LogP contribution in [0.2, 0.25) is 0 Å². The highest BCUT2D eigenvalue weighted by Gasteiger charge is 2.38. The molecule has 1 atom stereocenters. The lowest BCUT2D eigenvalue weighted by Gasteiger charge is -2.35. The Morgan fingerprint density at radius 1 is 1.10 bits per heavy atom. The fraction of sp³-hybridized carbons (Fsp3) is 0.429. The number of nitrogens with zero attached hydrogens (tertiary/aromatic N) is 5. The first kappa shape index (κ1) is 19.2. The van der Waals surface area contributed by atoms with E-state index in [-0.39, 0.29) is 24.2 Å². The molecule has 8 nitrogen and oxygen atoms in total. The molecule has 0 aliphatic carbocycles. The van der Waals surface area contributed by atoms with Crippen molar-refractivity contribution in [3.05, 3.63) is 42.7 Å². The Hall–Kier alpha value is -3.16. The molecular weight excluding hydrogens is 370 g/mol. The van der Waals surface area contributed by atoms with E-state index in [0.29, 0.717) is 51.0 Å². The van der Waals surface area contributed by atoms with Crippen molar-refractivity contribution in [1.82, 2.24) is 14.9 Å². The first-order valence-corrected chi connectivity index (χ1v) is 10.0. The number of anilines is 2. The molecule has 152 valence electrons. The van der Waals surface area contributed by atoms with E-state index in [4.69, 9.17) is 4.74 Å². The van der Waals surface area contributed by atoms with Crippen LogP contribution in [-0.2, 0) is 9.59 Å². The van der Waals surface area contributed by atoms with Gasteiger partial charge in [-0.05, 0) is 25.1 Å². The number of hydrogen-bond donors (Lipinski definition) is 0. The zero-order valence-electron chi connectivity index (χ0n) is 16.5. The van der Waals surface area contributed by atoms with Crippen molar-refractivity contribution in [2.75, 3.05) is 49.1 Å². The van der Waals surface area contributed by atoms with E-state index in [1.54, 1.807) is 23.4 Å². The summed E-state index contributed by atoms with van der Waals surface area (Å²) in [4.78, 5) is 39.8. The summed E-state index contributed by atoms with van der Waals surface area (Å²) in [5, 5.41) is 0. The number of rotatable bonds is 5. The van der Waals surface area contributed by atoms with Gasteiger partial charge in [0.2, 0.25) is 17.8 Å². The van der Waals surface area contributed by atoms with Crippen molar-refractivity contribution in [3.63, 3.8) is 0 Å². The smallest absolute Gasteiger partial charge is 0.228 e. The highest BCUT2D eigenvalue weighted by atomic mass is 16.5. The van der Waals surface area contributed by atoms with Crippen molar-refractivity contribution < 1.29 is 14.3 Å². The summed E-state index contributed by atoms with van der Waals surface area (Å²) in [5.74, 6) is 1.05. The summed E-state index contributed by atoms with van der Waals surface area (Å²) in [5.41, 5.74) is 0.737. The largest absolute Gasteiger partial charge is 0.492 e. The SMILES string of the molecule is CCOc1ccccc1N1CC(C(=O)N2CCN(c3ncccn3)CC2)CC1=O. The quantitative estimate of drug-likeness (QED) is 0.765. The van der Waals surface area contributed by atoms with Gasteiger partial charge in [-0.2, -0.15) is 0 Å². The Labute approximate surface area is 170 Å². The lowest BCUT2D eigenvalue weighted by molar-refractivity contribution is -0.136. The van der Waals surface area contributed by atoms with Crippen LogP contribution in [0.3, 0.4) is 0 Å². The molecule has 1 unspecified atom stereocenters. The van der Waals surface area contributed by atoms with Crippen molar-refractivity contribution in [1.29, 1.82) is 0 Å². The second-order valence-electron chi connectivity index (χ2n) is 7.17. The zero-order chi connectivity index (χ0) is 20.2. The number of para-hydroxylation sites is 2. The van der Waals surface area contributed by atoms with Gasteiger partial charge in [-0.15, -0.1) is 0 Å². The molecule has 29 heavy (non-hydrogen) atoms. The van der Waals surface area contributed by atoms with Crippen molar-refractivity contribution in [2.24, 2.45) is 5.92 Å². The van der Waals surface area contributed by atoms with Gasteiger partial charge in [-0.1, -0.05) is 12.1 Å². The van der Waals surface area contributed by atoms with E-state index in [0.717, 1.165) is 5.69 Å². The maximum Gasteiger partial charge on any atom is 0.228 e. The first-order chi connectivity index (χ1) is 14.2. The Kier molecular flexibility index (Phi) is 5.59. The molecule has 0 bridgehead atoms. The summed E-state index contributed by atoms with van der Waals surface area (Å²) in [6.07, 6.45) is 3.68. The molecule has 1 aromatic carbocycles. The molecule has 0 saturated carbocycles. The average molecular weight is 395 g/mol. The Balaban J connectivity index is 1.39. The number of carbonyl (C=O) groups is 2. The van der Waals surface area contributed by atoms with E-state index >= 15 is 0 Å². The number of hydrogen-bond acceptors (Lipinski definition) is 6. The molecule has 2 aliphatic heterocycles. The summed E-state index contributed by atoms with van der Waals surface area (Å²) < 4.78 is 5.66. The van der Waals surface area contributed by atoms with Crippen molar-refractivity contribution in [2.45, 2.75) is 13.3 Å². The van der Waals surface area contributed by atoms with Crippen LogP contribution in [0.1, 0.15) is 13.3 Å². The average Bonchev–Trinajstić information content (AvgIpc) is 3.16. The van der Waals surface area contributed by atoms with Crippen LogP contribution in [-0.4, -0.2) is 66.0 Å². The number of carbonyl (C=O) groups excluding carboxylic acids is 2. The number of aromatic nitrogens is 2. The van der Waals surface area contributed by atoms with Gasteiger partial charge < -0.3 is 19.4 Å². The minimum atomic E-state index is -0.322. The Morgan fingerprint density at radius 2 is 1.83 bits per heavy atom. The van der Waals surface area contributed by atoms with Gasteiger partial charge in [-0.3, -0.25) is 9.59 Å². The van der Waals surface area contributed by atoms with E-state index < -0.39 is 0 Å². The fourth-order valence-corrected chi connectivity index (χ4v) is 3.90.